The van der Waals surface area contributed by atoms with E-state index in [1.54, 1.807) is 54.6 Å². The largest absolute Gasteiger partial charge is 0.345 e. The van der Waals surface area contributed by atoms with Crippen molar-refractivity contribution in [2.45, 2.75) is 11.9 Å². The minimum absolute atomic E-state index is 0.345. The van der Waals surface area contributed by atoms with Gasteiger partial charge in [-0.15, -0.1) is 0 Å². The number of carbonyl (C=O) groups excluding carboxylic acids is 1. The predicted molar refractivity (Wildman–Crippen MR) is 88.1 cm³/mol. The first-order chi connectivity index (χ1) is 11.4. The minimum Gasteiger partial charge on any atom is -0.323 e. The molecule has 1 fully saturated rings. The number of hydroxylamine groups is 2. The summed E-state index contributed by atoms with van der Waals surface area (Å²) in [5, 5.41) is 1.12. The SMILES string of the molecule is CN1O[C@H](c2ccccc2)[C@@H](C(=O)c2ccccc2)[C@H]1P(=O)(O)O. The molecule has 2 aromatic rings. The van der Waals surface area contributed by atoms with Crippen LogP contribution >= 0.6 is 7.60 Å². The third kappa shape index (κ3) is 3.20. The Hall–Kier alpha value is -1.82. The van der Waals surface area contributed by atoms with E-state index in [9.17, 15) is 19.1 Å². The highest BCUT2D eigenvalue weighted by Gasteiger charge is 2.54. The highest BCUT2D eigenvalue weighted by Crippen LogP contribution is 2.55. The molecule has 0 saturated carbocycles. The third-order valence-corrected chi connectivity index (χ3v) is 5.47. The fourth-order valence-electron chi connectivity index (χ4n) is 3.09. The Morgan fingerprint density at radius 3 is 2.12 bits per heavy atom. The Morgan fingerprint density at radius 2 is 1.58 bits per heavy atom. The van der Waals surface area contributed by atoms with Gasteiger partial charge in [0.15, 0.2) is 5.78 Å². The van der Waals surface area contributed by atoms with Crippen molar-refractivity contribution in [2.75, 3.05) is 7.05 Å². The quantitative estimate of drug-likeness (QED) is 0.653. The molecule has 0 aromatic heterocycles. The lowest BCUT2D eigenvalue weighted by molar-refractivity contribution is -0.137. The Morgan fingerprint density at radius 1 is 1.04 bits per heavy atom. The van der Waals surface area contributed by atoms with Gasteiger partial charge in [-0.1, -0.05) is 60.7 Å². The van der Waals surface area contributed by atoms with Gasteiger partial charge in [-0.2, -0.15) is 5.06 Å². The maximum absolute atomic E-state index is 13.0. The van der Waals surface area contributed by atoms with Crippen molar-refractivity contribution in [3.63, 3.8) is 0 Å². The average Bonchev–Trinajstić information content (AvgIpc) is 2.93. The monoisotopic (exact) mass is 347 g/mol. The first kappa shape index (κ1) is 17.0. The fourth-order valence-corrected chi connectivity index (χ4v) is 4.28. The molecule has 1 heterocycles. The van der Waals surface area contributed by atoms with E-state index in [2.05, 4.69) is 0 Å². The van der Waals surface area contributed by atoms with E-state index < -0.39 is 25.4 Å². The number of hydrogen-bond acceptors (Lipinski definition) is 4. The molecule has 3 rings (SSSR count). The lowest BCUT2D eigenvalue weighted by Crippen LogP contribution is -2.33. The Bertz CT molecular complexity index is 761. The van der Waals surface area contributed by atoms with Crippen molar-refractivity contribution < 1.29 is 24.0 Å². The van der Waals surface area contributed by atoms with Crippen LogP contribution in [0.2, 0.25) is 0 Å². The van der Waals surface area contributed by atoms with E-state index in [0.717, 1.165) is 5.06 Å². The molecule has 7 heteroatoms. The van der Waals surface area contributed by atoms with Crippen molar-refractivity contribution in [2.24, 2.45) is 5.92 Å². The summed E-state index contributed by atoms with van der Waals surface area (Å²) in [6.07, 6.45) is -0.749. The van der Waals surface area contributed by atoms with Crippen LogP contribution in [0.25, 0.3) is 0 Å². The number of ketones is 1. The van der Waals surface area contributed by atoms with E-state index in [0.29, 0.717) is 11.1 Å². The zero-order chi connectivity index (χ0) is 17.3. The van der Waals surface area contributed by atoms with Gasteiger partial charge in [0.1, 0.15) is 11.9 Å². The molecule has 0 spiro atoms. The van der Waals surface area contributed by atoms with Gasteiger partial charge in [0.25, 0.3) is 0 Å². The summed E-state index contributed by atoms with van der Waals surface area (Å²) in [7, 11) is -3.14. The first-order valence-corrected chi connectivity index (χ1v) is 9.17. The molecule has 0 unspecified atom stereocenters. The predicted octanol–water partition coefficient (Wildman–Crippen LogP) is 2.61. The summed E-state index contributed by atoms with van der Waals surface area (Å²) in [6, 6.07) is 17.5. The van der Waals surface area contributed by atoms with E-state index in [1.807, 2.05) is 6.07 Å². The zero-order valence-electron chi connectivity index (χ0n) is 13.0. The van der Waals surface area contributed by atoms with Crippen LogP contribution in [0.15, 0.2) is 60.7 Å². The van der Waals surface area contributed by atoms with Crippen LogP contribution in [-0.4, -0.2) is 33.5 Å². The Kier molecular flexibility index (Phi) is 4.67. The van der Waals surface area contributed by atoms with Gasteiger partial charge in [0.05, 0.1) is 5.92 Å². The molecular weight excluding hydrogens is 329 g/mol. The number of benzene rings is 2. The molecule has 2 aromatic carbocycles. The summed E-state index contributed by atoms with van der Waals surface area (Å²) in [4.78, 5) is 38.2. The molecule has 0 bridgehead atoms. The first-order valence-electron chi connectivity index (χ1n) is 7.48. The van der Waals surface area contributed by atoms with Crippen LogP contribution < -0.4 is 0 Å². The van der Waals surface area contributed by atoms with Gasteiger partial charge in [-0.3, -0.25) is 14.2 Å². The van der Waals surface area contributed by atoms with E-state index in [1.165, 1.54) is 7.05 Å². The van der Waals surface area contributed by atoms with Crippen LogP contribution in [0.5, 0.6) is 0 Å². The topological polar surface area (TPSA) is 87.1 Å². The minimum atomic E-state index is -4.58. The molecule has 24 heavy (non-hydrogen) atoms. The van der Waals surface area contributed by atoms with Crippen LogP contribution in [0.3, 0.4) is 0 Å². The second-order valence-corrected chi connectivity index (χ2v) is 7.45. The Balaban J connectivity index is 2.06. The molecule has 0 radical (unpaired) electrons. The number of hydrogen-bond donors (Lipinski definition) is 2. The van der Waals surface area contributed by atoms with E-state index in [4.69, 9.17) is 4.84 Å². The Labute approximate surface area is 139 Å². The number of Topliss-reactive ketones (excluding diaryl/α,β-unsaturated/α-hetero) is 1. The van der Waals surface area contributed by atoms with Crippen LogP contribution in [0, 0.1) is 5.92 Å². The van der Waals surface area contributed by atoms with Gasteiger partial charge in [0, 0.05) is 12.6 Å². The van der Waals surface area contributed by atoms with E-state index in [-0.39, 0.29) is 5.78 Å². The standard InChI is InChI=1S/C17H18NO5P/c1-18-17(24(20,21)22)14(15(19)12-8-4-2-5-9-12)16(23-18)13-10-6-3-7-11-13/h2-11,14,16-17H,1H3,(H2,20,21,22)/t14-,16-,17-/m1/s1. The summed E-state index contributed by atoms with van der Waals surface area (Å²) < 4.78 is 12.0. The highest BCUT2D eigenvalue weighted by molar-refractivity contribution is 7.52. The number of carbonyl (C=O) groups is 1. The molecular formula is C17H18NO5P. The fraction of sp³-hybridized carbons (Fsp3) is 0.235. The van der Waals surface area contributed by atoms with E-state index >= 15 is 0 Å². The maximum atomic E-state index is 13.0. The van der Waals surface area contributed by atoms with Crippen molar-refractivity contribution in [1.29, 1.82) is 0 Å². The normalized spacial score (nSPS) is 24.9. The smallest absolute Gasteiger partial charge is 0.323 e. The lowest BCUT2D eigenvalue weighted by Gasteiger charge is -2.23. The molecule has 1 saturated heterocycles. The molecule has 1 aliphatic heterocycles. The summed E-state index contributed by atoms with van der Waals surface area (Å²) in [5.41, 5.74) is 1.11. The lowest BCUT2D eigenvalue weighted by atomic mass is 9.89. The zero-order valence-corrected chi connectivity index (χ0v) is 13.9. The second kappa shape index (κ2) is 6.59. The maximum Gasteiger partial charge on any atom is 0.345 e. The van der Waals surface area contributed by atoms with Crippen LogP contribution in [0.1, 0.15) is 22.0 Å². The molecule has 0 aliphatic carbocycles. The van der Waals surface area contributed by atoms with Gasteiger partial charge in [-0.25, -0.2) is 0 Å². The van der Waals surface area contributed by atoms with Gasteiger partial charge in [0.2, 0.25) is 0 Å². The summed E-state index contributed by atoms with van der Waals surface area (Å²) in [5.74, 6) is -2.67. The molecule has 3 atom stereocenters. The molecule has 6 nitrogen and oxygen atoms in total. The molecule has 1 aliphatic rings. The molecule has 0 amide bonds. The summed E-state index contributed by atoms with van der Waals surface area (Å²) >= 11 is 0. The van der Waals surface area contributed by atoms with Crippen LogP contribution in [0.4, 0.5) is 0 Å². The molecule has 2 N–H and O–H groups in total. The van der Waals surface area contributed by atoms with Crippen molar-refractivity contribution in [3.8, 4) is 0 Å². The highest BCUT2D eigenvalue weighted by atomic mass is 31.2. The molecule has 126 valence electrons. The van der Waals surface area contributed by atoms with Gasteiger partial charge < -0.3 is 9.79 Å². The third-order valence-electron chi connectivity index (χ3n) is 4.13. The van der Waals surface area contributed by atoms with Gasteiger partial charge >= 0.3 is 7.60 Å². The van der Waals surface area contributed by atoms with Crippen LogP contribution in [-0.2, 0) is 9.40 Å². The van der Waals surface area contributed by atoms with Gasteiger partial charge in [-0.05, 0) is 5.56 Å². The summed E-state index contributed by atoms with van der Waals surface area (Å²) in [6.45, 7) is 0. The second-order valence-electron chi connectivity index (χ2n) is 5.74. The van der Waals surface area contributed by atoms with Crippen molar-refractivity contribution in [1.82, 2.24) is 5.06 Å². The average molecular weight is 347 g/mol. The van der Waals surface area contributed by atoms with Crippen molar-refractivity contribution >= 4 is 13.4 Å². The van der Waals surface area contributed by atoms with Crippen molar-refractivity contribution in [3.05, 3.63) is 71.8 Å². The number of nitrogens with zero attached hydrogens (tertiary/aromatic N) is 1. The number of rotatable bonds is 4.